The Kier molecular flexibility index (Phi) is 11.4. The van der Waals surface area contributed by atoms with E-state index in [1.54, 1.807) is 0 Å². The molecule has 0 aliphatic heterocycles. The van der Waals surface area contributed by atoms with Crippen molar-refractivity contribution in [2.45, 2.75) is 76.8 Å². The first kappa shape index (κ1) is 14.2. The van der Waals surface area contributed by atoms with Gasteiger partial charge in [-0.15, -0.1) is 0 Å². The van der Waals surface area contributed by atoms with E-state index >= 15 is 0 Å². The SMILES string of the molecule is CCCCCCCCCCCC(N)[SiH3]. The summed E-state index contributed by atoms with van der Waals surface area (Å²) >= 11 is 0. The van der Waals surface area contributed by atoms with Crippen LogP contribution in [0.1, 0.15) is 71.1 Å². The van der Waals surface area contributed by atoms with Crippen LogP contribution >= 0.6 is 0 Å². The van der Waals surface area contributed by atoms with Gasteiger partial charge in [-0.3, -0.25) is 0 Å². The molecule has 0 aliphatic carbocycles. The molecule has 1 nitrogen and oxygen atoms in total. The molecule has 0 rings (SSSR count). The first-order valence-corrected chi connectivity index (χ1v) is 7.68. The van der Waals surface area contributed by atoms with E-state index < -0.39 is 0 Å². The number of hydrogen-bond acceptors (Lipinski definition) is 1. The molecule has 0 saturated carbocycles. The highest BCUT2D eigenvalue weighted by molar-refractivity contribution is 6.11. The first-order valence-electron chi connectivity index (χ1n) is 6.53. The van der Waals surface area contributed by atoms with Crippen molar-refractivity contribution < 1.29 is 0 Å². The van der Waals surface area contributed by atoms with Gasteiger partial charge in [0.2, 0.25) is 0 Å². The standard InChI is InChI=1S/C12H29NSi/c1-2-3-4-5-6-7-8-9-10-11-12(13)14/h12H,2-11,13H2,1,14H3. The second kappa shape index (κ2) is 11.3. The van der Waals surface area contributed by atoms with Gasteiger partial charge in [0.1, 0.15) is 0 Å². The Bertz CT molecular complexity index is 104. The van der Waals surface area contributed by atoms with Crippen molar-refractivity contribution in [3.8, 4) is 0 Å². The first-order chi connectivity index (χ1) is 6.77. The smallest absolute Gasteiger partial charge is 0.0238 e. The van der Waals surface area contributed by atoms with Gasteiger partial charge in [0.15, 0.2) is 0 Å². The lowest BCUT2D eigenvalue weighted by Gasteiger charge is -2.04. The average Bonchev–Trinajstić information content (AvgIpc) is 2.15. The lowest BCUT2D eigenvalue weighted by Crippen LogP contribution is -2.18. The monoisotopic (exact) mass is 215 g/mol. The maximum Gasteiger partial charge on any atom is 0.0238 e. The lowest BCUT2D eigenvalue weighted by molar-refractivity contribution is 0.553. The molecule has 0 fully saturated rings. The minimum atomic E-state index is 0.541. The molecule has 0 bridgehead atoms. The van der Waals surface area contributed by atoms with Crippen molar-refractivity contribution >= 4 is 10.2 Å². The molecule has 1 unspecified atom stereocenters. The quantitative estimate of drug-likeness (QED) is 0.440. The second-order valence-corrected chi connectivity index (χ2v) is 6.08. The van der Waals surface area contributed by atoms with Gasteiger partial charge >= 0.3 is 0 Å². The van der Waals surface area contributed by atoms with Crippen molar-refractivity contribution in [1.82, 2.24) is 0 Å². The predicted molar refractivity (Wildman–Crippen MR) is 69.8 cm³/mol. The summed E-state index contributed by atoms with van der Waals surface area (Å²) in [5.41, 5.74) is 6.29. The summed E-state index contributed by atoms with van der Waals surface area (Å²) in [6.45, 7) is 2.28. The lowest BCUT2D eigenvalue weighted by atomic mass is 10.1. The van der Waals surface area contributed by atoms with Gasteiger partial charge in [-0.1, -0.05) is 64.7 Å². The summed E-state index contributed by atoms with van der Waals surface area (Å²) in [6, 6.07) is 0. The zero-order valence-electron chi connectivity index (χ0n) is 10.2. The van der Waals surface area contributed by atoms with Crippen LogP contribution in [0.15, 0.2) is 0 Å². The van der Waals surface area contributed by atoms with E-state index in [9.17, 15) is 0 Å². The zero-order valence-corrected chi connectivity index (χ0v) is 12.2. The van der Waals surface area contributed by atoms with E-state index in [2.05, 4.69) is 6.92 Å². The van der Waals surface area contributed by atoms with E-state index in [-0.39, 0.29) is 0 Å². The van der Waals surface area contributed by atoms with Gasteiger partial charge in [-0.05, 0) is 12.1 Å². The van der Waals surface area contributed by atoms with E-state index in [4.69, 9.17) is 5.73 Å². The van der Waals surface area contributed by atoms with Gasteiger partial charge in [0.25, 0.3) is 0 Å². The van der Waals surface area contributed by atoms with Gasteiger partial charge in [-0.2, -0.15) is 0 Å². The minimum Gasteiger partial charge on any atom is -0.331 e. The highest BCUT2D eigenvalue weighted by Gasteiger charge is 1.94. The fourth-order valence-electron chi connectivity index (χ4n) is 1.78. The molecule has 0 spiro atoms. The van der Waals surface area contributed by atoms with Gasteiger partial charge in [-0.25, -0.2) is 0 Å². The minimum absolute atomic E-state index is 0.541. The van der Waals surface area contributed by atoms with Crippen LogP contribution in [0.25, 0.3) is 0 Å². The number of rotatable bonds is 10. The van der Waals surface area contributed by atoms with Crippen LogP contribution in [0.2, 0.25) is 0 Å². The molecule has 14 heavy (non-hydrogen) atoms. The van der Waals surface area contributed by atoms with E-state index in [0.717, 1.165) is 0 Å². The molecule has 0 saturated heterocycles. The van der Waals surface area contributed by atoms with Crippen molar-refractivity contribution in [2.75, 3.05) is 0 Å². The van der Waals surface area contributed by atoms with Crippen LogP contribution in [-0.2, 0) is 0 Å². The van der Waals surface area contributed by atoms with Crippen LogP contribution in [-0.4, -0.2) is 15.9 Å². The predicted octanol–water partition coefficient (Wildman–Crippen LogP) is 2.56. The molecule has 0 radical (unpaired) electrons. The molecule has 0 aromatic carbocycles. The van der Waals surface area contributed by atoms with Crippen LogP contribution in [0.3, 0.4) is 0 Å². The molecule has 86 valence electrons. The van der Waals surface area contributed by atoms with Gasteiger partial charge in [0.05, 0.1) is 0 Å². The summed E-state index contributed by atoms with van der Waals surface area (Å²) < 4.78 is 0. The Balaban J connectivity index is 2.85. The Morgan fingerprint density at radius 1 is 0.857 bits per heavy atom. The molecular weight excluding hydrogens is 186 g/mol. The molecule has 2 N–H and O–H groups in total. The maximum absolute atomic E-state index is 5.75. The largest absolute Gasteiger partial charge is 0.331 e. The molecule has 1 atom stereocenters. The normalized spacial score (nSPS) is 13.3. The Morgan fingerprint density at radius 2 is 1.29 bits per heavy atom. The van der Waals surface area contributed by atoms with E-state index in [1.165, 1.54) is 74.5 Å². The van der Waals surface area contributed by atoms with Crippen molar-refractivity contribution in [1.29, 1.82) is 0 Å². The molecule has 0 aliphatic rings. The van der Waals surface area contributed by atoms with Crippen LogP contribution < -0.4 is 5.73 Å². The Morgan fingerprint density at radius 3 is 1.71 bits per heavy atom. The molecular formula is C12H29NSi. The highest BCUT2D eigenvalue weighted by Crippen LogP contribution is 2.10. The maximum atomic E-state index is 5.75. The third-order valence-corrected chi connectivity index (χ3v) is 3.34. The van der Waals surface area contributed by atoms with Crippen molar-refractivity contribution in [2.24, 2.45) is 5.73 Å². The molecule has 2 heteroatoms. The van der Waals surface area contributed by atoms with Crippen molar-refractivity contribution in [3.63, 3.8) is 0 Å². The van der Waals surface area contributed by atoms with Gasteiger partial charge in [0, 0.05) is 10.2 Å². The summed E-state index contributed by atoms with van der Waals surface area (Å²) in [4.78, 5) is 0. The molecule has 0 heterocycles. The fraction of sp³-hybridized carbons (Fsp3) is 1.00. The third kappa shape index (κ3) is 12.2. The van der Waals surface area contributed by atoms with E-state index in [0.29, 0.717) is 5.67 Å². The Hall–Kier alpha value is 0.177. The van der Waals surface area contributed by atoms with Crippen LogP contribution in [0.4, 0.5) is 0 Å². The van der Waals surface area contributed by atoms with Gasteiger partial charge < -0.3 is 5.73 Å². The average molecular weight is 215 g/mol. The van der Waals surface area contributed by atoms with Crippen LogP contribution in [0.5, 0.6) is 0 Å². The molecule has 0 amide bonds. The third-order valence-electron chi connectivity index (χ3n) is 2.76. The zero-order chi connectivity index (χ0) is 10.6. The highest BCUT2D eigenvalue weighted by atomic mass is 28.1. The second-order valence-electron chi connectivity index (χ2n) is 4.59. The topological polar surface area (TPSA) is 26.0 Å². The van der Waals surface area contributed by atoms with Crippen LogP contribution in [0, 0.1) is 0 Å². The van der Waals surface area contributed by atoms with Crippen molar-refractivity contribution in [3.05, 3.63) is 0 Å². The molecule has 0 aromatic heterocycles. The summed E-state index contributed by atoms with van der Waals surface area (Å²) in [6.07, 6.45) is 14.0. The number of nitrogens with two attached hydrogens (primary N) is 1. The Labute approximate surface area is 93.3 Å². The molecule has 0 aromatic rings. The summed E-state index contributed by atoms with van der Waals surface area (Å²) in [7, 11) is 1.17. The summed E-state index contributed by atoms with van der Waals surface area (Å²) in [5, 5.41) is 0. The number of unbranched alkanes of at least 4 members (excludes halogenated alkanes) is 8. The summed E-state index contributed by atoms with van der Waals surface area (Å²) in [5.74, 6) is 0. The number of hydrogen-bond donors (Lipinski definition) is 1. The fourth-order valence-corrected chi connectivity index (χ4v) is 2.19. The van der Waals surface area contributed by atoms with E-state index in [1.807, 2.05) is 0 Å².